The molecule has 2 heterocycles. The molecule has 29 heavy (non-hydrogen) atoms. The standard InChI is InChI=1S/C24H21N3O2/c1-28-21-11-6-18(7-12-21)27(19-8-13-22(29-2)14-9-19)20-10-15-24(26-17-20)23-5-3-4-16-25-23/h3-17H,1-2H3. The van der Waals surface area contributed by atoms with Crippen molar-refractivity contribution in [1.82, 2.24) is 9.97 Å². The second kappa shape index (κ2) is 8.44. The van der Waals surface area contributed by atoms with Crippen molar-refractivity contribution < 1.29 is 9.47 Å². The minimum absolute atomic E-state index is 0.812. The van der Waals surface area contributed by atoms with E-state index in [9.17, 15) is 0 Å². The zero-order valence-corrected chi connectivity index (χ0v) is 16.3. The number of methoxy groups -OCH3 is 2. The molecule has 2 aromatic heterocycles. The van der Waals surface area contributed by atoms with E-state index in [2.05, 4.69) is 14.9 Å². The van der Waals surface area contributed by atoms with Crippen molar-refractivity contribution in [3.63, 3.8) is 0 Å². The minimum Gasteiger partial charge on any atom is -0.497 e. The van der Waals surface area contributed by atoms with E-state index in [0.29, 0.717) is 0 Å². The first-order valence-corrected chi connectivity index (χ1v) is 9.24. The van der Waals surface area contributed by atoms with Gasteiger partial charge in [0.05, 0.1) is 37.5 Å². The van der Waals surface area contributed by atoms with Crippen LogP contribution in [0.15, 0.2) is 91.3 Å². The second-order valence-electron chi connectivity index (χ2n) is 6.35. The van der Waals surface area contributed by atoms with Gasteiger partial charge in [-0.05, 0) is 72.8 Å². The van der Waals surface area contributed by atoms with Gasteiger partial charge in [-0.1, -0.05) is 6.07 Å². The summed E-state index contributed by atoms with van der Waals surface area (Å²) >= 11 is 0. The molecule has 4 rings (SSSR count). The first kappa shape index (κ1) is 18.5. The van der Waals surface area contributed by atoms with E-state index in [0.717, 1.165) is 39.9 Å². The lowest BCUT2D eigenvalue weighted by Crippen LogP contribution is -2.10. The number of nitrogens with zero attached hydrogens (tertiary/aromatic N) is 3. The molecule has 0 aliphatic carbocycles. The van der Waals surface area contributed by atoms with Crippen LogP contribution in [0.3, 0.4) is 0 Å². The fraction of sp³-hybridized carbons (Fsp3) is 0.0833. The molecular formula is C24H21N3O2. The number of rotatable bonds is 6. The number of hydrogen-bond donors (Lipinski definition) is 0. The van der Waals surface area contributed by atoms with E-state index in [1.165, 1.54) is 0 Å². The molecule has 0 bridgehead atoms. The quantitative estimate of drug-likeness (QED) is 0.432. The van der Waals surface area contributed by atoms with E-state index in [-0.39, 0.29) is 0 Å². The van der Waals surface area contributed by atoms with Gasteiger partial charge in [0.25, 0.3) is 0 Å². The van der Waals surface area contributed by atoms with Gasteiger partial charge < -0.3 is 14.4 Å². The molecule has 144 valence electrons. The van der Waals surface area contributed by atoms with Gasteiger partial charge in [-0.2, -0.15) is 0 Å². The van der Waals surface area contributed by atoms with Crippen LogP contribution in [0.25, 0.3) is 11.4 Å². The SMILES string of the molecule is COc1ccc(N(c2ccc(OC)cc2)c2ccc(-c3ccccn3)nc2)cc1. The largest absolute Gasteiger partial charge is 0.497 e. The van der Waals surface area contributed by atoms with Crippen LogP contribution in [0.4, 0.5) is 17.1 Å². The topological polar surface area (TPSA) is 47.5 Å². The molecule has 0 N–H and O–H groups in total. The van der Waals surface area contributed by atoms with E-state index < -0.39 is 0 Å². The van der Waals surface area contributed by atoms with Crippen LogP contribution in [0.2, 0.25) is 0 Å². The molecule has 0 aliphatic heterocycles. The van der Waals surface area contributed by atoms with Crippen molar-refractivity contribution in [2.75, 3.05) is 19.1 Å². The summed E-state index contributed by atoms with van der Waals surface area (Å²) in [6.07, 6.45) is 3.63. The van der Waals surface area contributed by atoms with Crippen molar-refractivity contribution in [1.29, 1.82) is 0 Å². The summed E-state index contributed by atoms with van der Waals surface area (Å²) in [5, 5.41) is 0. The van der Waals surface area contributed by atoms with Crippen LogP contribution in [0.5, 0.6) is 11.5 Å². The molecule has 0 atom stereocenters. The Morgan fingerprint density at radius 2 is 1.14 bits per heavy atom. The molecule has 5 heteroatoms. The van der Waals surface area contributed by atoms with Crippen molar-refractivity contribution in [2.24, 2.45) is 0 Å². The fourth-order valence-electron chi connectivity index (χ4n) is 3.09. The molecule has 0 radical (unpaired) electrons. The number of pyridine rings is 2. The lowest BCUT2D eigenvalue weighted by molar-refractivity contribution is 0.415. The zero-order chi connectivity index (χ0) is 20.1. The van der Waals surface area contributed by atoms with E-state index in [4.69, 9.17) is 9.47 Å². The van der Waals surface area contributed by atoms with Gasteiger partial charge >= 0.3 is 0 Å². The molecule has 0 amide bonds. The molecule has 0 saturated carbocycles. The Bertz CT molecular complexity index is 1000. The molecule has 0 fully saturated rings. The first-order chi connectivity index (χ1) is 14.3. The van der Waals surface area contributed by atoms with Crippen molar-refractivity contribution >= 4 is 17.1 Å². The Balaban J connectivity index is 1.74. The molecule has 5 nitrogen and oxygen atoms in total. The van der Waals surface area contributed by atoms with Gasteiger partial charge in [-0.15, -0.1) is 0 Å². The Morgan fingerprint density at radius 3 is 1.59 bits per heavy atom. The lowest BCUT2D eigenvalue weighted by Gasteiger charge is -2.25. The summed E-state index contributed by atoms with van der Waals surface area (Å²) in [7, 11) is 3.33. The Hall–Kier alpha value is -3.86. The second-order valence-corrected chi connectivity index (χ2v) is 6.35. The van der Waals surface area contributed by atoms with Crippen molar-refractivity contribution in [3.8, 4) is 22.9 Å². The lowest BCUT2D eigenvalue weighted by atomic mass is 10.2. The van der Waals surface area contributed by atoms with Crippen LogP contribution in [0, 0.1) is 0 Å². The summed E-state index contributed by atoms with van der Waals surface area (Å²) in [6.45, 7) is 0. The number of ether oxygens (including phenoxy) is 2. The predicted octanol–water partition coefficient (Wildman–Crippen LogP) is 5.63. The Morgan fingerprint density at radius 1 is 0.586 bits per heavy atom. The molecule has 4 aromatic rings. The fourth-order valence-corrected chi connectivity index (χ4v) is 3.09. The third kappa shape index (κ3) is 4.04. The average molecular weight is 383 g/mol. The number of anilines is 3. The molecule has 0 spiro atoms. The molecule has 0 unspecified atom stereocenters. The summed E-state index contributed by atoms with van der Waals surface area (Å²) in [6, 6.07) is 25.7. The van der Waals surface area contributed by atoms with E-state index in [1.54, 1.807) is 20.4 Å². The summed E-state index contributed by atoms with van der Waals surface area (Å²) < 4.78 is 10.6. The van der Waals surface area contributed by atoms with Crippen LogP contribution in [0.1, 0.15) is 0 Å². The number of hydrogen-bond acceptors (Lipinski definition) is 5. The maximum atomic E-state index is 5.30. The maximum Gasteiger partial charge on any atom is 0.119 e. The Labute approximate surface area is 170 Å². The zero-order valence-electron chi connectivity index (χ0n) is 16.3. The van der Waals surface area contributed by atoms with Crippen LogP contribution in [-0.2, 0) is 0 Å². The normalized spacial score (nSPS) is 10.4. The van der Waals surface area contributed by atoms with Gasteiger partial charge in [0.2, 0.25) is 0 Å². The van der Waals surface area contributed by atoms with Gasteiger partial charge in [-0.25, -0.2) is 0 Å². The monoisotopic (exact) mass is 383 g/mol. The highest BCUT2D eigenvalue weighted by atomic mass is 16.5. The predicted molar refractivity (Wildman–Crippen MR) is 115 cm³/mol. The summed E-state index contributed by atoms with van der Waals surface area (Å²) in [5.41, 5.74) is 4.63. The summed E-state index contributed by atoms with van der Waals surface area (Å²) in [4.78, 5) is 11.1. The Kier molecular flexibility index (Phi) is 5.38. The highest BCUT2D eigenvalue weighted by Crippen LogP contribution is 2.36. The highest BCUT2D eigenvalue weighted by molar-refractivity contribution is 5.77. The van der Waals surface area contributed by atoms with Crippen LogP contribution < -0.4 is 14.4 Å². The third-order valence-electron chi connectivity index (χ3n) is 4.59. The van der Waals surface area contributed by atoms with E-state index in [1.807, 2.05) is 85.1 Å². The van der Waals surface area contributed by atoms with Gasteiger partial charge in [0, 0.05) is 17.6 Å². The molecule has 0 aliphatic rings. The van der Waals surface area contributed by atoms with Crippen LogP contribution >= 0.6 is 0 Å². The number of aromatic nitrogens is 2. The average Bonchev–Trinajstić information content (AvgIpc) is 2.81. The molecule has 0 saturated heterocycles. The first-order valence-electron chi connectivity index (χ1n) is 9.24. The molecule has 2 aromatic carbocycles. The maximum absolute atomic E-state index is 5.30. The highest BCUT2D eigenvalue weighted by Gasteiger charge is 2.14. The minimum atomic E-state index is 0.812. The third-order valence-corrected chi connectivity index (χ3v) is 4.59. The number of benzene rings is 2. The molecular weight excluding hydrogens is 362 g/mol. The van der Waals surface area contributed by atoms with Crippen molar-refractivity contribution in [3.05, 3.63) is 91.3 Å². The van der Waals surface area contributed by atoms with Gasteiger partial charge in [0.1, 0.15) is 11.5 Å². The van der Waals surface area contributed by atoms with Crippen LogP contribution in [-0.4, -0.2) is 24.2 Å². The van der Waals surface area contributed by atoms with Gasteiger partial charge in [-0.3, -0.25) is 9.97 Å². The smallest absolute Gasteiger partial charge is 0.119 e. The summed E-state index contributed by atoms with van der Waals surface area (Å²) in [5.74, 6) is 1.62. The van der Waals surface area contributed by atoms with E-state index >= 15 is 0 Å². The van der Waals surface area contributed by atoms with Gasteiger partial charge in [0.15, 0.2) is 0 Å². The van der Waals surface area contributed by atoms with Crippen molar-refractivity contribution in [2.45, 2.75) is 0 Å².